The highest BCUT2D eigenvalue weighted by atomic mass is 28.4. The predicted octanol–water partition coefficient (Wildman–Crippen LogP) is 1.54. The lowest BCUT2D eigenvalue weighted by Crippen LogP contribution is -2.57. The van der Waals surface area contributed by atoms with Crippen LogP contribution in [0.15, 0.2) is 30.3 Å². The first-order chi connectivity index (χ1) is 8.61. The second-order valence-corrected chi connectivity index (χ2v) is 8.65. The van der Waals surface area contributed by atoms with Gasteiger partial charge < -0.3 is 14.0 Å². The second-order valence-electron chi connectivity index (χ2n) is 5.68. The molecule has 1 aromatic rings. The summed E-state index contributed by atoms with van der Waals surface area (Å²) in [5.74, 6) is 0.470. The number of hydrogen-bond acceptors (Lipinski definition) is 3. The Hall–Kier alpha value is -0.683. The zero-order valence-electron chi connectivity index (χ0n) is 10.9. The van der Waals surface area contributed by atoms with E-state index in [-0.39, 0.29) is 18.3 Å². The first kappa shape index (κ1) is 12.4. The predicted molar refractivity (Wildman–Crippen MR) is 71.8 cm³/mol. The van der Waals surface area contributed by atoms with Crippen molar-refractivity contribution >= 4 is 13.7 Å². The van der Waals surface area contributed by atoms with Crippen molar-refractivity contribution in [2.45, 2.75) is 44.6 Å². The van der Waals surface area contributed by atoms with Crippen LogP contribution < -0.4 is 5.19 Å². The molecule has 18 heavy (non-hydrogen) atoms. The van der Waals surface area contributed by atoms with E-state index in [9.17, 15) is 5.11 Å². The topological polar surface area (TPSA) is 38.7 Å². The fourth-order valence-corrected chi connectivity index (χ4v) is 6.80. The van der Waals surface area contributed by atoms with E-state index in [0.717, 1.165) is 11.6 Å². The molecule has 2 bridgehead atoms. The molecule has 1 N–H and O–H groups in total. The van der Waals surface area contributed by atoms with E-state index in [1.54, 1.807) is 0 Å². The molecule has 0 saturated carbocycles. The minimum absolute atomic E-state index is 0.0296. The van der Waals surface area contributed by atoms with Crippen molar-refractivity contribution in [3.8, 4) is 0 Å². The average molecular weight is 264 g/mol. The number of fused-ring (bicyclic) bond motifs is 2. The third-order valence-corrected chi connectivity index (χ3v) is 7.55. The number of hydrogen-bond donors (Lipinski definition) is 1. The first-order valence-electron chi connectivity index (χ1n) is 6.70. The number of aliphatic hydroxyl groups is 1. The minimum atomic E-state index is -2.40. The Morgan fingerprint density at radius 2 is 1.94 bits per heavy atom. The van der Waals surface area contributed by atoms with E-state index in [0.29, 0.717) is 12.0 Å². The second kappa shape index (κ2) is 4.45. The van der Waals surface area contributed by atoms with Crippen LogP contribution in [-0.4, -0.2) is 32.0 Å². The Morgan fingerprint density at radius 1 is 1.22 bits per heavy atom. The quantitative estimate of drug-likeness (QED) is 0.824. The maximum Gasteiger partial charge on any atom is 0.375 e. The van der Waals surface area contributed by atoms with Crippen LogP contribution in [-0.2, 0) is 8.85 Å². The van der Waals surface area contributed by atoms with Gasteiger partial charge in [0.15, 0.2) is 0 Å². The third-order valence-electron chi connectivity index (χ3n) is 4.01. The van der Waals surface area contributed by atoms with Crippen LogP contribution in [0, 0.1) is 5.92 Å². The van der Waals surface area contributed by atoms with Crippen molar-refractivity contribution < 1.29 is 14.0 Å². The molecule has 4 heteroatoms. The molecule has 98 valence electrons. The summed E-state index contributed by atoms with van der Waals surface area (Å²) in [6.45, 7) is 4.35. The van der Waals surface area contributed by atoms with Gasteiger partial charge in [-0.15, -0.1) is 0 Å². The average Bonchev–Trinajstić information content (AvgIpc) is 2.61. The van der Waals surface area contributed by atoms with Gasteiger partial charge >= 0.3 is 8.56 Å². The minimum Gasteiger partial charge on any atom is -0.391 e. The molecule has 0 amide bonds. The third kappa shape index (κ3) is 1.93. The molecule has 4 atom stereocenters. The van der Waals surface area contributed by atoms with Gasteiger partial charge in [0.25, 0.3) is 0 Å². The number of aliphatic hydroxyl groups excluding tert-OH is 1. The van der Waals surface area contributed by atoms with Gasteiger partial charge in [0, 0.05) is 12.5 Å². The Bertz CT molecular complexity index is 418. The molecule has 0 aromatic heterocycles. The lowest BCUT2D eigenvalue weighted by molar-refractivity contribution is -0.0237. The summed E-state index contributed by atoms with van der Waals surface area (Å²) >= 11 is 0. The fourth-order valence-electron chi connectivity index (χ4n) is 2.93. The summed E-state index contributed by atoms with van der Waals surface area (Å²) in [5.41, 5.74) is 0. The van der Waals surface area contributed by atoms with Gasteiger partial charge in [0.05, 0.1) is 18.3 Å². The van der Waals surface area contributed by atoms with Crippen LogP contribution in [0.4, 0.5) is 0 Å². The molecular weight excluding hydrogens is 244 g/mol. The molecule has 2 aliphatic heterocycles. The van der Waals surface area contributed by atoms with Gasteiger partial charge in [-0.25, -0.2) is 0 Å². The van der Waals surface area contributed by atoms with Crippen LogP contribution >= 0.6 is 0 Å². The van der Waals surface area contributed by atoms with Gasteiger partial charge in [-0.2, -0.15) is 0 Å². The molecule has 1 aromatic carbocycles. The summed E-state index contributed by atoms with van der Waals surface area (Å²) < 4.78 is 12.5. The standard InChI is InChI=1S/C14H20O3Si/c1-10(2)13-8-14-12(15)9-18(16-13,17-14)11-6-4-3-5-7-11/h3-7,10,12-15H,8-9H2,1-2H3/t12-,13-,14+,18?/m0/s1. The Balaban J connectivity index is 1.95. The van der Waals surface area contributed by atoms with Gasteiger partial charge in [0.2, 0.25) is 0 Å². The Morgan fingerprint density at radius 3 is 2.61 bits per heavy atom. The van der Waals surface area contributed by atoms with Gasteiger partial charge in [-0.05, 0) is 11.1 Å². The van der Waals surface area contributed by atoms with Crippen molar-refractivity contribution in [2.24, 2.45) is 5.92 Å². The molecule has 2 saturated heterocycles. The zero-order valence-corrected chi connectivity index (χ0v) is 11.9. The van der Waals surface area contributed by atoms with E-state index >= 15 is 0 Å². The number of rotatable bonds is 2. The van der Waals surface area contributed by atoms with E-state index in [4.69, 9.17) is 8.85 Å². The van der Waals surface area contributed by atoms with Crippen molar-refractivity contribution in [3.63, 3.8) is 0 Å². The van der Waals surface area contributed by atoms with Crippen LogP contribution in [0.2, 0.25) is 6.04 Å². The molecule has 2 aliphatic rings. The van der Waals surface area contributed by atoms with Crippen LogP contribution in [0.1, 0.15) is 20.3 Å². The molecule has 0 aliphatic carbocycles. The molecule has 2 fully saturated rings. The highest BCUT2D eigenvalue weighted by molar-refractivity contribution is 6.82. The Kier molecular flexibility index (Phi) is 3.06. The van der Waals surface area contributed by atoms with Crippen molar-refractivity contribution in [2.75, 3.05) is 0 Å². The fraction of sp³-hybridized carbons (Fsp3) is 0.571. The van der Waals surface area contributed by atoms with E-state index in [1.807, 2.05) is 18.2 Å². The molecule has 3 rings (SSSR count). The smallest absolute Gasteiger partial charge is 0.375 e. The summed E-state index contributed by atoms with van der Waals surface area (Å²) in [4.78, 5) is 0. The van der Waals surface area contributed by atoms with Crippen LogP contribution in [0.25, 0.3) is 0 Å². The normalized spacial score (nSPS) is 39.2. The van der Waals surface area contributed by atoms with Crippen molar-refractivity contribution in [1.82, 2.24) is 0 Å². The number of benzene rings is 1. The maximum absolute atomic E-state index is 10.2. The summed E-state index contributed by atoms with van der Waals surface area (Å²) in [5, 5.41) is 11.3. The largest absolute Gasteiger partial charge is 0.391 e. The van der Waals surface area contributed by atoms with E-state index in [2.05, 4.69) is 26.0 Å². The van der Waals surface area contributed by atoms with Gasteiger partial charge in [-0.3, -0.25) is 0 Å². The zero-order chi connectivity index (χ0) is 12.8. The molecule has 1 unspecified atom stereocenters. The molecular formula is C14H20O3Si. The lowest BCUT2D eigenvalue weighted by atomic mass is 9.99. The lowest BCUT2D eigenvalue weighted by Gasteiger charge is -2.38. The summed E-state index contributed by atoms with van der Waals surface area (Å²) in [7, 11) is -2.40. The van der Waals surface area contributed by atoms with Crippen molar-refractivity contribution in [3.05, 3.63) is 30.3 Å². The van der Waals surface area contributed by atoms with Gasteiger partial charge in [0.1, 0.15) is 0 Å². The van der Waals surface area contributed by atoms with Crippen molar-refractivity contribution in [1.29, 1.82) is 0 Å². The SMILES string of the molecule is CC(C)[C@@H]1C[C@H]2O[Si](c3ccccc3)(C[C@@H]2O)O1. The first-order valence-corrected chi connectivity index (χ1v) is 8.72. The summed E-state index contributed by atoms with van der Waals surface area (Å²) in [6, 6.07) is 10.9. The highest BCUT2D eigenvalue weighted by Gasteiger charge is 2.57. The molecule has 0 spiro atoms. The highest BCUT2D eigenvalue weighted by Crippen LogP contribution is 2.39. The van der Waals surface area contributed by atoms with E-state index < -0.39 is 8.56 Å². The monoisotopic (exact) mass is 264 g/mol. The molecule has 2 heterocycles. The van der Waals surface area contributed by atoms with Crippen LogP contribution in [0.5, 0.6) is 0 Å². The maximum atomic E-state index is 10.2. The summed E-state index contributed by atoms with van der Waals surface area (Å²) in [6.07, 6.45) is 0.645. The molecule has 3 nitrogen and oxygen atoms in total. The molecule has 0 radical (unpaired) electrons. The van der Waals surface area contributed by atoms with E-state index in [1.165, 1.54) is 0 Å². The van der Waals surface area contributed by atoms with Crippen LogP contribution in [0.3, 0.4) is 0 Å². The van der Waals surface area contributed by atoms with Gasteiger partial charge in [-0.1, -0.05) is 44.2 Å². The Labute approximate surface area is 109 Å².